The quantitative estimate of drug-likeness (QED) is 0.698. The molecule has 1 spiro atoms. The second-order valence-electron chi connectivity index (χ2n) is 9.31. The van der Waals surface area contributed by atoms with Crippen LogP contribution in [0, 0.1) is 0 Å². The van der Waals surface area contributed by atoms with E-state index in [0.717, 1.165) is 58.6 Å². The first-order valence-corrected chi connectivity index (χ1v) is 12.7. The molecule has 0 atom stereocenters. The van der Waals surface area contributed by atoms with Gasteiger partial charge < -0.3 is 19.1 Å². The van der Waals surface area contributed by atoms with Crippen LogP contribution < -0.4 is 4.74 Å². The van der Waals surface area contributed by atoms with Crippen molar-refractivity contribution >= 4 is 17.2 Å². The van der Waals surface area contributed by atoms with Crippen LogP contribution in [0.3, 0.4) is 0 Å². The molecule has 1 aromatic heterocycles. The van der Waals surface area contributed by atoms with Crippen molar-refractivity contribution < 1.29 is 19.0 Å². The SMILES string of the molecule is O=C(c1ccc(-c2ccc3c(c2)COC2(CCN(C4CCC4)CC2)O3)s1)N1CCOCC1. The molecule has 2 aromatic rings. The Hall–Kier alpha value is -1.93. The number of hydrogen-bond acceptors (Lipinski definition) is 6. The van der Waals surface area contributed by atoms with E-state index in [1.807, 2.05) is 17.0 Å². The average Bonchev–Trinajstić information content (AvgIpc) is 3.30. The van der Waals surface area contributed by atoms with E-state index < -0.39 is 5.79 Å². The van der Waals surface area contributed by atoms with Gasteiger partial charge in [-0.25, -0.2) is 0 Å². The smallest absolute Gasteiger partial charge is 0.264 e. The van der Waals surface area contributed by atoms with Gasteiger partial charge in [-0.1, -0.05) is 6.42 Å². The van der Waals surface area contributed by atoms with Crippen molar-refractivity contribution in [1.82, 2.24) is 9.80 Å². The monoisotopic (exact) mass is 454 g/mol. The van der Waals surface area contributed by atoms with Crippen molar-refractivity contribution in [1.29, 1.82) is 0 Å². The summed E-state index contributed by atoms with van der Waals surface area (Å²) in [6.07, 6.45) is 5.94. The number of hydrogen-bond donors (Lipinski definition) is 0. The van der Waals surface area contributed by atoms with Gasteiger partial charge in [0.25, 0.3) is 5.91 Å². The lowest BCUT2D eigenvalue weighted by Crippen LogP contribution is -2.54. The fraction of sp³-hybridized carbons (Fsp3) is 0.560. The molecule has 7 heteroatoms. The summed E-state index contributed by atoms with van der Waals surface area (Å²) in [5.74, 6) is 0.581. The molecule has 0 N–H and O–H groups in total. The van der Waals surface area contributed by atoms with E-state index in [2.05, 4.69) is 23.1 Å². The number of carbonyl (C=O) groups excluding carboxylic acids is 1. The van der Waals surface area contributed by atoms with Gasteiger partial charge in [-0.15, -0.1) is 11.3 Å². The third kappa shape index (κ3) is 3.85. The zero-order chi connectivity index (χ0) is 21.5. The molecule has 0 unspecified atom stereocenters. The highest BCUT2D eigenvalue weighted by Crippen LogP contribution is 2.41. The summed E-state index contributed by atoms with van der Waals surface area (Å²) in [6, 6.07) is 11.1. The van der Waals surface area contributed by atoms with Gasteiger partial charge in [0, 0.05) is 55.5 Å². The van der Waals surface area contributed by atoms with Crippen molar-refractivity contribution in [3.05, 3.63) is 40.8 Å². The molecule has 3 aliphatic heterocycles. The number of ether oxygens (including phenoxy) is 3. The van der Waals surface area contributed by atoms with Crippen molar-refractivity contribution in [3.8, 4) is 16.2 Å². The number of morpholine rings is 1. The Morgan fingerprint density at radius 3 is 2.59 bits per heavy atom. The molecule has 2 saturated heterocycles. The van der Waals surface area contributed by atoms with Crippen molar-refractivity contribution in [3.63, 3.8) is 0 Å². The van der Waals surface area contributed by atoms with Crippen LogP contribution in [-0.4, -0.2) is 66.9 Å². The van der Waals surface area contributed by atoms with Crippen LogP contribution in [-0.2, 0) is 16.1 Å². The number of likely N-dealkylation sites (tertiary alicyclic amines) is 1. The highest BCUT2D eigenvalue weighted by atomic mass is 32.1. The highest BCUT2D eigenvalue weighted by molar-refractivity contribution is 7.17. The van der Waals surface area contributed by atoms with E-state index >= 15 is 0 Å². The summed E-state index contributed by atoms with van der Waals surface area (Å²) in [6.45, 7) is 5.28. The maximum absolute atomic E-state index is 12.8. The predicted octanol–water partition coefficient (Wildman–Crippen LogP) is 4.14. The number of piperidine rings is 1. The Morgan fingerprint density at radius 1 is 1.03 bits per heavy atom. The maximum atomic E-state index is 12.8. The number of carbonyl (C=O) groups is 1. The molecule has 6 rings (SSSR count). The summed E-state index contributed by atoms with van der Waals surface area (Å²) in [7, 11) is 0. The van der Waals surface area contributed by atoms with Gasteiger partial charge in [-0.05, 0) is 48.7 Å². The van der Waals surface area contributed by atoms with E-state index in [1.165, 1.54) is 19.3 Å². The lowest BCUT2D eigenvalue weighted by molar-refractivity contribution is -0.231. The van der Waals surface area contributed by atoms with Crippen LogP contribution in [0.5, 0.6) is 5.75 Å². The Labute approximate surface area is 193 Å². The van der Waals surface area contributed by atoms with Crippen LogP contribution in [0.4, 0.5) is 0 Å². The summed E-state index contributed by atoms with van der Waals surface area (Å²) in [5.41, 5.74) is 2.20. The molecule has 1 aliphatic carbocycles. The molecule has 6 nitrogen and oxygen atoms in total. The van der Waals surface area contributed by atoms with Crippen molar-refractivity contribution in [2.75, 3.05) is 39.4 Å². The third-order valence-electron chi connectivity index (χ3n) is 7.40. The number of thiophene rings is 1. The number of benzene rings is 1. The van der Waals surface area contributed by atoms with Crippen molar-refractivity contribution in [2.45, 2.75) is 50.5 Å². The normalized spacial score (nSPS) is 23.4. The molecule has 1 aromatic carbocycles. The Bertz CT molecular complexity index is 988. The van der Waals surface area contributed by atoms with Gasteiger partial charge in [0.15, 0.2) is 0 Å². The van der Waals surface area contributed by atoms with Crippen molar-refractivity contribution in [2.24, 2.45) is 0 Å². The van der Waals surface area contributed by atoms with E-state index in [0.29, 0.717) is 32.9 Å². The molecule has 0 bridgehead atoms. The lowest BCUT2D eigenvalue weighted by atomic mass is 9.89. The molecular weight excluding hydrogens is 424 g/mol. The molecule has 1 saturated carbocycles. The van der Waals surface area contributed by atoms with E-state index in [1.54, 1.807) is 11.3 Å². The lowest BCUT2D eigenvalue weighted by Gasteiger charge is -2.47. The zero-order valence-electron chi connectivity index (χ0n) is 18.4. The average molecular weight is 455 g/mol. The van der Waals surface area contributed by atoms with E-state index in [4.69, 9.17) is 14.2 Å². The predicted molar refractivity (Wildman–Crippen MR) is 123 cm³/mol. The van der Waals surface area contributed by atoms with Crippen LogP contribution >= 0.6 is 11.3 Å². The molecule has 4 heterocycles. The third-order valence-corrected chi connectivity index (χ3v) is 8.52. The molecule has 32 heavy (non-hydrogen) atoms. The number of amides is 1. The van der Waals surface area contributed by atoms with Crippen LogP contribution in [0.25, 0.3) is 10.4 Å². The number of rotatable bonds is 3. The summed E-state index contributed by atoms with van der Waals surface area (Å²) >= 11 is 1.55. The highest BCUT2D eigenvalue weighted by Gasteiger charge is 2.42. The molecular formula is C25H30N2O4S. The van der Waals surface area contributed by atoms with Gasteiger partial charge in [-0.3, -0.25) is 9.69 Å². The number of nitrogens with zero attached hydrogens (tertiary/aromatic N) is 2. The first kappa shape index (κ1) is 20.7. The fourth-order valence-corrected chi connectivity index (χ4v) is 6.11. The van der Waals surface area contributed by atoms with Gasteiger partial charge in [0.1, 0.15) is 5.75 Å². The second kappa shape index (κ2) is 8.45. The first-order chi connectivity index (χ1) is 15.7. The minimum absolute atomic E-state index is 0.101. The van der Waals surface area contributed by atoms with Crippen LogP contribution in [0.1, 0.15) is 47.3 Å². The summed E-state index contributed by atoms with van der Waals surface area (Å²) < 4.78 is 18.1. The Balaban J connectivity index is 1.14. The van der Waals surface area contributed by atoms with Crippen LogP contribution in [0.15, 0.2) is 30.3 Å². The Morgan fingerprint density at radius 2 is 1.84 bits per heavy atom. The van der Waals surface area contributed by atoms with Crippen LogP contribution in [0.2, 0.25) is 0 Å². The molecule has 4 aliphatic rings. The summed E-state index contributed by atoms with van der Waals surface area (Å²) in [5, 5.41) is 0. The van der Waals surface area contributed by atoms with Gasteiger partial charge in [0.05, 0.1) is 24.7 Å². The zero-order valence-corrected chi connectivity index (χ0v) is 19.2. The van der Waals surface area contributed by atoms with E-state index in [9.17, 15) is 4.79 Å². The topological polar surface area (TPSA) is 51.2 Å². The first-order valence-electron chi connectivity index (χ1n) is 11.9. The Kier molecular flexibility index (Phi) is 5.45. The summed E-state index contributed by atoms with van der Waals surface area (Å²) in [4.78, 5) is 19.1. The molecule has 170 valence electrons. The number of fused-ring (bicyclic) bond motifs is 1. The largest absolute Gasteiger partial charge is 0.462 e. The standard InChI is InChI=1S/C25H30N2O4S/c28-24(27-12-14-29-15-13-27)23-7-6-22(32-23)18-4-5-21-19(16-18)17-30-25(31-21)8-10-26(11-9-25)20-2-1-3-20/h4-7,16,20H,1-3,8-15,17H2. The fourth-order valence-electron chi connectivity index (χ4n) is 5.14. The van der Waals surface area contributed by atoms with E-state index in [-0.39, 0.29) is 5.91 Å². The van der Waals surface area contributed by atoms with Gasteiger partial charge >= 0.3 is 0 Å². The van der Waals surface area contributed by atoms with Gasteiger partial charge in [-0.2, -0.15) is 0 Å². The molecule has 1 amide bonds. The maximum Gasteiger partial charge on any atom is 0.264 e. The van der Waals surface area contributed by atoms with Gasteiger partial charge in [0.2, 0.25) is 5.79 Å². The minimum atomic E-state index is -0.463. The molecule has 3 fully saturated rings. The minimum Gasteiger partial charge on any atom is -0.462 e. The second-order valence-corrected chi connectivity index (χ2v) is 10.4. The molecule has 0 radical (unpaired) electrons.